The highest BCUT2D eigenvalue weighted by Gasteiger charge is 2.28. The molecule has 0 saturated heterocycles. The Morgan fingerprint density at radius 2 is 2.12 bits per heavy atom. The minimum absolute atomic E-state index is 0.0362. The SMILES string of the molecule is CC(C)(CC(=O)O)c1cc([N+](=O)[O-])ccc1F. The van der Waals surface area contributed by atoms with Crippen molar-refractivity contribution in [2.24, 2.45) is 0 Å². The molecule has 1 N–H and O–H groups in total. The largest absolute Gasteiger partial charge is 0.481 e. The summed E-state index contributed by atoms with van der Waals surface area (Å²) >= 11 is 0. The molecule has 0 aliphatic rings. The van der Waals surface area contributed by atoms with Crippen molar-refractivity contribution < 1.29 is 19.2 Å². The Morgan fingerprint density at radius 3 is 2.59 bits per heavy atom. The van der Waals surface area contributed by atoms with E-state index in [9.17, 15) is 19.3 Å². The minimum Gasteiger partial charge on any atom is -0.481 e. The molecule has 1 rings (SSSR count). The molecule has 0 radical (unpaired) electrons. The summed E-state index contributed by atoms with van der Waals surface area (Å²) in [4.78, 5) is 20.6. The predicted octanol–water partition coefficient (Wildman–Crippen LogP) is 2.49. The zero-order valence-electron chi connectivity index (χ0n) is 9.44. The van der Waals surface area contributed by atoms with Crippen molar-refractivity contribution in [2.75, 3.05) is 0 Å². The fraction of sp³-hybridized carbons (Fsp3) is 0.364. The maximum absolute atomic E-state index is 13.6. The molecule has 0 amide bonds. The first kappa shape index (κ1) is 13.1. The Labute approximate surface area is 97.0 Å². The molecule has 0 aliphatic carbocycles. The summed E-state index contributed by atoms with van der Waals surface area (Å²) in [5.74, 6) is -1.72. The van der Waals surface area contributed by atoms with E-state index in [1.165, 1.54) is 13.8 Å². The highest BCUT2D eigenvalue weighted by atomic mass is 19.1. The van der Waals surface area contributed by atoms with Gasteiger partial charge in [0.15, 0.2) is 0 Å². The molecule has 5 nitrogen and oxygen atoms in total. The van der Waals surface area contributed by atoms with E-state index in [2.05, 4.69) is 0 Å². The van der Waals surface area contributed by atoms with Crippen LogP contribution in [0.4, 0.5) is 10.1 Å². The second-order valence-corrected chi connectivity index (χ2v) is 4.38. The molecule has 0 aliphatic heterocycles. The number of hydrogen-bond donors (Lipinski definition) is 1. The number of nitro benzene ring substituents is 1. The van der Waals surface area contributed by atoms with Crippen LogP contribution in [-0.4, -0.2) is 16.0 Å². The average Bonchev–Trinajstić information content (AvgIpc) is 2.15. The number of halogens is 1. The van der Waals surface area contributed by atoms with Crippen molar-refractivity contribution in [3.05, 3.63) is 39.7 Å². The summed E-state index contributed by atoms with van der Waals surface area (Å²) in [6, 6.07) is 3.12. The van der Waals surface area contributed by atoms with E-state index in [1.807, 2.05) is 0 Å². The molecule has 0 saturated carbocycles. The minimum atomic E-state index is -1.08. The first-order chi connectivity index (χ1) is 7.74. The van der Waals surface area contributed by atoms with Crippen molar-refractivity contribution >= 4 is 11.7 Å². The number of nitro groups is 1. The quantitative estimate of drug-likeness (QED) is 0.648. The van der Waals surface area contributed by atoms with Gasteiger partial charge in [-0.3, -0.25) is 14.9 Å². The summed E-state index contributed by atoms with van der Waals surface area (Å²) in [6.45, 7) is 3.06. The third kappa shape index (κ3) is 2.99. The van der Waals surface area contributed by atoms with Crippen LogP contribution in [0.3, 0.4) is 0 Å². The number of rotatable bonds is 4. The lowest BCUT2D eigenvalue weighted by molar-refractivity contribution is -0.385. The number of non-ortho nitro benzene ring substituents is 1. The first-order valence-electron chi connectivity index (χ1n) is 4.90. The predicted molar refractivity (Wildman–Crippen MR) is 58.3 cm³/mol. The van der Waals surface area contributed by atoms with Gasteiger partial charge in [-0.15, -0.1) is 0 Å². The van der Waals surface area contributed by atoms with E-state index in [4.69, 9.17) is 5.11 Å². The van der Waals surface area contributed by atoms with Crippen LogP contribution in [0.2, 0.25) is 0 Å². The monoisotopic (exact) mass is 241 g/mol. The van der Waals surface area contributed by atoms with Gasteiger partial charge in [-0.05, 0) is 6.07 Å². The van der Waals surface area contributed by atoms with Crippen LogP contribution < -0.4 is 0 Å². The summed E-state index contributed by atoms with van der Waals surface area (Å²) < 4.78 is 13.6. The molecule has 6 heteroatoms. The van der Waals surface area contributed by atoms with E-state index in [0.29, 0.717) is 0 Å². The summed E-state index contributed by atoms with van der Waals surface area (Å²) in [5, 5.41) is 19.3. The van der Waals surface area contributed by atoms with Crippen molar-refractivity contribution in [1.82, 2.24) is 0 Å². The number of benzene rings is 1. The Kier molecular flexibility index (Phi) is 3.45. The lowest BCUT2D eigenvalue weighted by Gasteiger charge is -2.23. The van der Waals surface area contributed by atoms with Gasteiger partial charge in [-0.25, -0.2) is 4.39 Å². The molecule has 0 unspecified atom stereocenters. The van der Waals surface area contributed by atoms with Crippen molar-refractivity contribution in [3.8, 4) is 0 Å². The zero-order chi connectivity index (χ0) is 13.2. The molecule has 1 aromatic rings. The van der Waals surface area contributed by atoms with Crippen LogP contribution in [0.25, 0.3) is 0 Å². The van der Waals surface area contributed by atoms with Crippen molar-refractivity contribution in [1.29, 1.82) is 0 Å². The molecule has 0 heterocycles. The second kappa shape index (κ2) is 4.48. The van der Waals surface area contributed by atoms with Gasteiger partial charge in [0.25, 0.3) is 5.69 Å². The number of carboxylic acids is 1. The number of hydrogen-bond acceptors (Lipinski definition) is 3. The van der Waals surface area contributed by atoms with Crippen LogP contribution >= 0.6 is 0 Å². The molecule has 0 aromatic heterocycles. The second-order valence-electron chi connectivity index (χ2n) is 4.38. The molecule has 0 bridgehead atoms. The van der Waals surface area contributed by atoms with Crippen LogP contribution in [0, 0.1) is 15.9 Å². The lowest BCUT2D eigenvalue weighted by atomic mass is 9.81. The van der Waals surface area contributed by atoms with Gasteiger partial charge in [-0.1, -0.05) is 13.8 Å². The van der Waals surface area contributed by atoms with Gasteiger partial charge in [0.1, 0.15) is 5.82 Å². The molecule has 1 aromatic carbocycles. The molecule has 17 heavy (non-hydrogen) atoms. The van der Waals surface area contributed by atoms with E-state index in [0.717, 1.165) is 18.2 Å². The van der Waals surface area contributed by atoms with Gasteiger partial charge in [-0.2, -0.15) is 0 Å². The Hall–Kier alpha value is -1.98. The number of carbonyl (C=O) groups is 1. The molecule has 0 atom stereocenters. The molecule has 92 valence electrons. The summed E-state index contributed by atoms with van der Waals surface area (Å²) in [7, 11) is 0. The van der Waals surface area contributed by atoms with E-state index in [1.54, 1.807) is 0 Å². The van der Waals surface area contributed by atoms with E-state index < -0.39 is 22.1 Å². The standard InChI is InChI=1S/C11H12FNO4/c1-11(2,6-10(14)15)8-5-7(13(16)17)3-4-9(8)12/h3-5H,6H2,1-2H3,(H,14,15). The Balaban J connectivity index is 3.24. The smallest absolute Gasteiger partial charge is 0.304 e. The Morgan fingerprint density at radius 1 is 1.53 bits per heavy atom. The zero-order valence-corrected chi connectivity index (χ0v) is 9.44. The fourth-order valence-electron chi connectivity index (χ4n) is 1.62. The fourth-order valence-corrected chi connectivity index (χ4v) is 1.62. The maximum atomic E-state index is 13.6. The van der Waals surface area contributed by atoms with Crippen LogP contribution in [-0.2, 0) is 10.2 Å². The Bertz CT molecular complexity index is 471. The molecular formula is C11H12FNO4. The highest BCUT2D eigenvalue weighted by molar-refractivity contribution is 5.69. The summed E-state index contributed by atoms with van der Waals surface area (Å²) in [6.07, 6.45) is -0.301. The van der Waals surface area contributed by atoms with Crippen LogP contribution in [0.5, 0.6) is 0 Å². The lowest BCUT2D eigenvalue weighted by Crippen LogP contribution is -2.23. The van der Waals surface area contributed by atoms with Crippen molar-refractivity contribution in [3.63, 3.8) is 0 Å². The normalized spacial score (nSPS) is 11.2. The summed E-state index contributed by atoms with van der Waals surface area (Å²) in [5.41, 5.74) is -1.21. The van der Waals surface area contributed by atoms with Crippen LogP contribution in [0.1, 0.15) is 25.8 Å². The maximum Gasteiger partial charge on any atom is 0.304 e. The van der Waals surface area contributed by atoms with E-state index in [-0.39, 0.29) is 17.7 Å². The number of carboxylic acid groups (broad SMARTS) is 1. The van der Waals surface area contributed by atoms with Crippen LogP contribution in [0.15, 0.2) is 18.2 Å². The number of nitrogens with zero attached hydrogens (tertiary/aromatic N) is 1. The van der Waals surface area contributed by atoms with Gasteiger partial charge in [0.05, 0.1) is 11.3 Å². The molecular weight excluding hydrogens is 229 g/mol. The van der Waals surface area contributed by atoms with Gasteiger partial charge < -0.3 is 5.11 Å². The number of aliphatic carboxylic acids is 1. The first-order valence-corrected chi connectivity index (χ1v) is 4.90. The highest BCUT2D eigenvalue weighted by Crippen LogP contribution is 2.31. The van der Waals surface area contributed by atoms with Gasteiger partial charge in [0, 0.05) is 23.1 Å². The average molecular weight is 241 g/mol. The third-order valence-corrected chi connectivity index (χ3v) is 2.48. The van der Waals surface area contributed by atoms with Crippen molar-refractivity contribution in [2.45, 2.75) is 25.7 Å². The van der Waals surface area contributed by atoms with E-state index >= 15 is 0 Å². The third-order valence-electron chi connectivity index (χ3n) is 2.48. The van der Waals surface area contributed by atoms with Gasteiger partial charge in [0.2, 0.25) is 0 Å². The molecule has 0 fully saturated rings. The topological polar surface area (TPSA) is 80.4 Å². The van der Waals surface area contributed by atoms with Gasteiger partial charge >= 0.3 is 5.97 Å². The molecule has 0 spiro atoms.